The predicted molar refractivity (Wildman–Crippen MR) is 113 cm³/mol. The summed E-state index contributed by atoms with van der Waals surface area (Å²) in [6, 6.07) is 5.19. The fourth-order valence-corrected chi connectivity index (χ4v) is 5.81. The van der Waals surface area contributed by atoms with Crippen LogP contribution in [0.4, 0.5) is 0 Å². The molecular weight excluding hydrogens is 420 g/mol. The summed E-state index contributed by atoms with van der Waals surface area (Å²) in [7, 11) is -1.74. The van der Waals surface area contributed by atoms with E-state index in [1.165, 1.54) is 0 Å². The lowest BCUT2D eigenvalue weighted by Crippen LogP contribution is -2.40. The minimum absolute atomic E-state index is 0.0272. The molecule has 2 heterocycles. The van der Waals surface area contributed by atoms with Gasteiger partial charge in [-0.2, -0.15) is 4.98 Å². The number of nitrogens with one attached hydrogen (secondary N) is 1. The zero-order valence-corrected chi connectivity index (χ0v) is 19.0. The maximum absolute atomic E-state index is 13.3. The van der Waals surface area contributed by atoms with Gasteiger partial charge in [-0.1, -0.05) is 5.16 Å². The molecule has 2 aliphatic rings. The molecular formula is C21H28N4O5S. The molecule has 1 saturated heterocycles. The topological polar surface area (TPSA) is 115 Å². The van der Waals surface area contributed by atoms with Crippen LogP contribution in [0.1, 0.15) is 47.4 Å². The Kier molecular flexibility index (Phi) is 5.55. The van der Waals surface area contributed by atoms with Crippen LogP contribution < -0.4 is 9.46 Å². The molecule has 0 bridgehead atoms. The van der Waals surface area contributed by atoms with Gasteiger partial charge in [-0.25, -0.2) is 13.1 Å². The third-order valence-corrected chi connectivity index (χ3v) is 7.96. The molecule has 1 aromatic carbocycles. The van der Waals surface area contributed by atoms with Gasteiger partial charge < -0.3 is 14.2 Å². The van der Waals surface area contributed by atoms with Crippen molar-refractivity contribution in [3.8, 4) is 5.75 Å². The summed E-state index contributed by atoms with van der Waals surface area (Å²) in [6.07, 6.45) is 1.13. The average molecular weight is 449 g/mol. The first kappa shape index (κ1) is 21.8. The van der Waals surface area contributed by atoms with E-state index >= 15 is 0 Å². The van der Waals surface area contributed by atoms with Crippen LogP contribution in [0.2, 0.25) is 0 Å². The molecule has 0 spiro atoms. The Labute approximate surface area is 182 Å². The lowest BCUT2D eigenvalue weighted by molar-refractivity contribution is 0.0772. The number of fused-ring (bicyclic) bond motifs is 1. The molecule has 1 aliphatic heterocycles. The van der Waals surface area contributed by atoms with Crippen molar-refractivity contribution in [1.29, 1.82) is 0 Å². The van der Waals surface area contributed by atoms with Crippen molar-refractivity contribution in [3.63, 3.8) is 0 Å². The normalized spacial score (nSPS) is 25.6. The molecule has 3 atom stereocenters. The Bertz CT molecular complexity index is 1100. The number of sulfonamides is 1. The number of ether oxygens (including phenoxy) is 1. The molecule has 0 unspecified atom stereocenters. The molecule has 1 amide bonds. The number of hydrogen-bond acceptors (Lipinski definition) is 7. The van der Waals surface area contributed by atoms with E-state index in [1.807, 2.05) is 17.9 Å². The molecule has 2 aromatic rings. The van der Waals surface area contributed by atoms with Crippen LogP contribution in [0.3, 0.4) is 0 Å². The second-order valence-corrected chi connectivity index (χ2v) is 10.6. The van der Waals surface area contributed by atoms with Gasteiger partial charge in [-0.05, 0) is 63.3 Å². The van der Waals surface area contributed by atoms with Gasteiger partial charge in [0.2, 0.25) is 15.9 Å². The minimum Gasteiger partial charge on any atom is -0.497 e. The lowest BCUT2D eigenvalue weighted by Gasteiger charge is -2.25. The fraction of sp³-hybridized carbons (Fsp3) is 0.571. The van der Waals surface area contributed by atoms with Gasteiger partial charge in [0.25, 0.3) is 5.91 Å². The molecule has 10 heteroatoms. The molecule has 168 valence electrons. The van der Waals surface area contributed by atoms with Crippen LogP contribution in [-0.2, 0) is 15.4 Å². The highest BCUT2D eigenvalue weighted by molar-refractivity contribution is 7.89. The van der Waals surface area contributed by atoms with Crippen molar-refractivity contribution < 1.29 is 22.5 Å². The maximum Gasteiger partial charge on any atom is 0.254 e. The number of aryl methyl sites for hydroxylation is 2. The quantitative estimate of drug-likeness (QED) is 0.717. The monoisotopic (exact) mass is 448 g/mol. The van der Waals surface area contributed by atoms with Gasteiger partial charge in [-0.3, -0.25) is 4.79 Å². The van der Waals surface area contributed by atoms with Crippen molar-refractivity contribution >= 4 is 15.9 Å². The standard InChI is InChI=1S/C21H28N4O5S/c1-5-31(27,28)24-16-9-15-11-25(12-21(15,10-16)20-22-14(3)23-30-20)19(26)18-7-6-17(29-4)8-13(18)2/h6-8,15-16,24H,5,9-12H2,1-4H3/t15-,16+,21-/m0/s1. The third kappa shape index (κ3) is 3.94. The van der Waals surface area contributed by atoms with Gasteiger partial charge in [-0.15, -0.1) is 0 Å². The largest absolute Gasteiger partial charge is 0.497 e. The van der Waals surface area contributed by atoms with Gasteiger partial charge in [0.1, 0.15) is 5.75 Å². The van der Waals surface area contributed by atoms with Gasteiger partial charge in [0, 0.05) is 24.7 Å². The summed E-state index contributed by atoms with van der Waals surface area (Å²) >= 11 is 0. The molecule has 1 saturated carbocycles. The number of carbonyl (C=O) groups excluding carboxylic acids is 1. The molecule has 2 fully saturated rings. The van der Waals surface area contributed by atoms with E-state index in [4.69, 9.17) is 9.26 Å². The van der Waals surface area contributed by atoms with Crippen LogP contribution in [0, 0.1) is 19.8 Å². The van der Waals surface area contributed by atoms with Crippen molar-refractivity contribution in [2.75, 3.05) is 26.0 Å². The van der Waals surface area contributed by atoms with Crippen LogP contribution >= 0.6 is 0 Å². The first-order valence-electron chi connectivity index (χ1n) is 10.4. The Morgan fingerprint density at radius 1 is 1.39 bits per heavy atom. The first-order valence-corrected chi connectivity index (χ1v) is 12.1. The molecule has 0 radical (unpaired) electrons. The zero-order valence-electron chi connectivity index (χ0n) is 18.2. The molecule has 1 aliphatic carbocycles. The first-order chi connectivity index (χ1) is 14.7. The summed E-state index contributed by atoms with van der Waals surface area (Å²) in [5, 5.41) is 3.95. The Balaban J connectivity index is 1.62. The van der Waals surface area contributed by atoms with Crippen molar-refractivity contribution in [2.24, 2.45) is 5.92 Å². The van der Waals surface area contributed by atoms with Gasteiger partial charge in [0.05, 0.1) is 18.3 Å². The van der Waals surface area contributed by atoms with E-state index in [9.17, 15) is 13.2 Å². The van der Waals surface area contributed by atoms with Crippen LogP contribution in [0.15, 0.2) is 22.7 Å². The van der Waals surface area contributed by atoms with E-state index in [0.29, 0.717) is 49.0 Å². The minimum atomic E-state index is -3.33. The SMILES string of the molecule is CCS(=O)(=O)N[C@@H]1C[C@H]2CN(C(=O)c3ccc(OC)cc3C)C[C@@]2(c2nc(C)no2)C1. The van der Waals surface area contributed by atoms with E-state index in [-0.39, 0.29) is 23.6 Å². The fourth-order valence-electron chi connectivity index (χ4n) is 4.96. The maximum atomic E-state index is 13.3. The average Bonchev–Trinajstić information content (AvgIpc) is 3.39. The van der Waals surface area contributed by atoms with Gasteiger partial charge >= 0.3 is 0 Å². The summed E-state index contributed by atoms with van der Waals surface area (Å²) in [5.74, 6) is 1.71. The molecule has 9 nitrogen and oxygen atoms in total. The zero-order chi connectivity index (χ0) is 22.4. The van der Waals surface area contributed by atoms with E-state index < -0.39 is 15.4 Å². The molecule has 4 rings (SSSR count). The van der Waals surface area contributed by atoms with Crippen molar-refractivity contribution in [3.05, 3.63) is 41.0 Å². The Hall–Kier alpha value is -2.46. The molecule has 1 N–H and O–H groups in total. The van der Waals surface area contributed by atoms with Crippen molar-refractivity contribution in [2.45, 2.75) is 45.1 Å². The van der Waals surface area contributed by atoms with Crippen LogP contribution in [-0.4, -0.2) is 61.4 Å². The third-order valence-electron chi connectivity index (χ3n) is 6.51. The number of carbonyl (C=O) groups is 1. The summed E-state index contributed by atoms with van der Waals surface area (Å²) < 4.78 is 37.9. The van der Waals surface area contributed by atoms with Crippen LogP contribution in [0.25, 0.3) is 0 Å². The van der Waals surface area contributed by atoms with Crippen molar-refractivity contribution in [1.82, 2.24) is 19.8 Å². The summed E-state index contributed by atoms with van der Waals surface area (Å²) in [4.78, 5) is 19.6. The highest BCUT2D eigenvalue weighted by Gasteiger charge is 2.58. The number of nitrogens with zero attached hydrogens (tertiary/aromatic N) is 3. The van der Waals surface area contributed by atoms with E-state index in [2.05, 4.69) is 14.9 Å². The highest BCUT2D eigenvalue weighted by atomic mass is 32.2. The smallest absolute Gasteiger partial charge is 0.254 e. The Morgan fingerprint density at radius 3 is 2.77 bits per heavy atom. The van der Waals surface area contributed by atoms with Gasteiger partial charge in [0.15, 0.2) is 5.82 Å². The summed E-state index contributed by atoms with van der Waals surface area (Å²) in [6.45, 7) is 6.18. The molecule has 31 heavy (non-hydrogen) atoms. The van der Waals surface area contributed by atoms with E-state index in [0.717, 1.165) is 5.56 Å². The summed E-state index contributed by atoms with van der Waals surface area (Å²) in [5.41, 5.74) is 0.914. The lowest BCUT2D eigenvalue weighted by atomic mass is 9.80. The second kappa shape index (κ2) is 7.90. The number of likely N-dealkylation sites (tertiary alicyclic amines) is 1. The number of amides is 1. The number of aromatic nitrogens is 2. The predicted octanol–water partition coefficient (Wildman–Crippen LogP) is 1.81. The van der Waals surface area contributed by atoms with Crippen LogP contribution in [0.5, 0.6) is 5.75 Å². The number of benzene rings is 1. The number of hydrogen-bond donors (Lipinski definition) is 1. The number of rotatable bonds is 6. The Morgan fingerprint density at radius 2 is 2.16 bits per heavy atom. The number of methoxy groups -OCH3 is 1. The second-order valence-electron chi connectivity index (χ2n) is 8.52. The molecule has 1 aromatic heterocycles. The highest BCUT2D eigenvalue weighted by Crippen LogP contribution is 2.50. The van der Waals surface area contributed by atoms with E-state index in [1.54, 1.807) is 33.1 Å².